The van der Waals surface area contributed by atoms with Crippen LogP contribution in [0.25, 0.3) is 11.4 Å². The third-order valence-electron chi connectivity index (χ3n) is 2.99. The number of anilines is 1. The fourth-order valence-electron chi connectivity index (χ4n) is 1.72. The van der Waals surface area contributed by atoms with Gasteiger partial charge in [0.1, 0.15) is 0 Å². The van der Waals surface area contributed by atoms with E-state index >= 15 is 0 Å². The van der Waals surface area contributed by atoms with Gasteiger partial charge in [-0.05, 0) is 19.8 Å². The molecule has 92 valence electrons. The number of carbonyl (C=O) groups is 1. The number of aromatic nitrogens is 3. The van der Waals surface area contributed by atoms with E-state index in [9.17, 15) is 4.79 Å². The zero-order chi connectivity index (χ0) is 12.5. The second kappa shape index (κ2) is 4.25. The van der Waals surface area contributed by atoms with E-state index in [1.54, 1.807) is 0 Å². The lowest BCUT2D eigenvalue weighted by molar-refractivity contribution is -0.117. The first-order valence-electron chi connectivity index (χ1n) is 6.03. The molecule has 0 spiro atoms. The fraction of sp³-hybridized carbons (Fsp3) is 0.308. The molecule has 1 aromatic heterocycles. The number of rotatable bonds is 3. The average Bonchev–Trinajstić information content (AvgIpc) is 3.12. The lowest BCUT2D eigenvalue weighted by atomic mass is 10.1. The third-order valence-corrected chi connectivity index (χ3v) is 2.99. The van der Waals surface area contributed by atoms with Gasteiger partial charge < -0.3 is 0 Å². The Balaban J connectivity index is 1.76. The van der Waals surface area contributed by atoms with Crippen molar-refractivity contribution in [2.45, 2.75) is 19.8 Å². The van der Waals surface area contributed by atoms with Crippen molar-refractivity contribution in [2.75, 3.05) is 5.32 Å². The molecule has 3 rings (SSSR count). The summed E-state index contributed by atoms with van der Waals surface area (Å²) in [5, 5.41) is 9.54. The largest absolute Gasteiger partial charge is 0.293 e. The van der Waals surface area contributed by atoms with Gasteiger partial charge in [-0.1, -0.05) is 29.8 Å². The zero-order valence-electron chi connectivity index (χ0n) is 10.1. The summed E-state index contributed by atoms with van der Waals surface area (Å²) in [6.45, 7) is 2.03. The second-order valence-corrected chi connectivity index (χ2v) is 4.64. The molecule has 0 aliphatic heterocycles. The molecule has 0 atom stereocenters. The first-order chi connectivity index (χ1) is 8.72. The quantitative estimate of drug-likeness (QED) is 0.866. The first-order valence-corrected chi connectivity index (χ1v) is 6.03. The molecule has 0 saturated heterocycles. The van der Waals surface area contributed by atoms with Crippen molar-refractivity contribution in [3.8, 4) is 11.4 Å². The maximum Gasteiger partial charge on any atom is 0.249 e. The van der Waals surface area contributed by atoms with Gasteiger partial charge in [-0.3, -0.25) is 15.2 Å². The van der Waals surface area contributed by atoms with Crippen LogP contribution in [0.1, 0.15) is 18.4 Å². The van der Waals surface area contributed by atoms with Crippen LogP contribution < -0.4 is 5.32 Å². The van der Waals surface area contributed by atoms with Crippen LogP contribution >= 0.6 is 0 Å². The van der Waals surface area contributed by atoms with Crippen LogP contribution in [0.2, 0.25) is 0 Å². The van der Waals surface area contributed by atoms with Gasteiger partial charge in [0.15, 0.2) is 5.82 Å². The summed E-state index contributed by atoms with van der Waals surface area (Å²) in [7, 11) is 0. The lowest BCUT2D eigenvalue weighted by Gasteiger charge is -1.97. The van der Waals surface area contributed by atoms with Crippen LogP contribution in [0.3, 0.4) is 0 Å². The highest BCUT2D eigenvalue weighted by Crippen LogP contribution is 2.29. The molecule has 1 aromatic carbocycles. The van der Waals surface area contributed by atoms with Crippen molar-refractivity contribution in [1.29, 1.82) is 0 Å². The van der Waals surface area contributed by atoms with E-state index in [0.29, 0.717) is 11.8 Å². The standard InChI is InChI=1S/C13H14N4O/c1-8-2-4-9(5-3-8)11-14-13(17-16-11)15-12(18)10-6-7-10/h2-5,10H,6-7H2,1H3,(H2,14,15,16,17,18). The number of nitrogens with one attached hydrogen (secondary N) is 2. The molecule has 1 amide bonds. The Morgan fingerprint density at radius 3 is 2.72 bits per heavy atom. The molecular weight excluding hydrogens is 228 g/mol. The van der Waals surface area contributed by atoms with Gasteiger partial charge in [0.25, 0.3) is 0 Å². The number of hydrogen-bond donors (Lipinski definition) is 2. The highest BCUT2D eigenvalue weighted by Gasteiger charge is 2.30. The Hall–Kier alpha value is -2.17. The molecule has 0 radical (unpaired) electrons. The first kappa shape index (κ1) is 11.0. The van der Waals surface area contributed by atoms with E-state index in [-0.39, 0.29) is 11.8 Å². The minimum atomic E-state index is 0.0180. The zero-order valence-corrected chi connectivity index (χ0v) is 10.1. The molecule has 2 aromatic rings. The molecule has 0 unspecified atom stereocenters. The van der Waals surface area contributed by atoms with Crippen molar-refractivity contribution in [1.82, 2.24) is 15.2 Å². The summed E-state index contributed by atoms with van der Waals surface area (Å²) < 4.78 is 0. The highest BCUT2D eigenvalue weighted by molar-refractivity contribution is 5.92. The number of aromatic amines is 1. The van der Waals surface area contributed by atoms with Crippen molar-refractivity contribution in [3.63, 3.8) is 0 Å². The van der Waals surface area contributed by atoms with Gasteiger partial charge in [0.05, 0.1) is 0 Å². The number of hydrogen-bond acceptors (Lipinski definition) is 3. The molecule has 1 aliphatic rings. The number of amides is 1. The van der Waals surface area contributed by atoms with Crippen molar-refractivity contribution >= 4 is 11.9 Å². The maximum atomic E-state index is 11.6. The molecule has 18 heavy (non-hydrogen) atoms. The van der Waals surface area contributed by atoms with E-state index in [1.165, 1.54) is 5.56 Å². The lowest BCUT2D eigenvalue weighted by Crippen LogP contribution is -2.14. The molecule has 1 fully saturated rings. The molecule has 1 aliphatic carbocycles. The topological polar surface area (TPSA) is 70.7 Å². The SMILES string of the molecule is Cc1ccc(-c2nc(NC(=O)C3CC3)n[nH]2)cc1. The van der Waals surface area contributed by atoms with Crippen LogP contribution in [-0.2, 0) is 4.79 Å². The summed E-state index contributed by atoms with van der Waals surface area (Å²) in [6, 6.07) is 7.98. The number of nitrogens with zero attached hydrogens (tertiary/aromatic N) is 2. The van der Waals surface area contributed by atoms with Crippen molar-refractivity contribution in [2.24, 2.45) is 5.92 Å². The minimum absolute atomic E-state index is 0.0180. The van der Waals surface area contributed by atoms with Crippen LogP contribution in [0.15, 0.2) is 24.3 Å². The van der Waals surface area contributed by atoms with Crippen LogP contribution in [-0.4, -0.2) is 21.1 Å². The Bertz CT molecular complexity index is 569. The molecule has 0 bridgehead atoms. The van der Waals surface area contributed by atoms with Gasteiger partial charge in [-0.25, -0.2) is 0 Å². The van der Waals surface area contributed by atoms with E-state index in [1.807, 2.05) is 31.2 Å². The monoisotopic (exact) mass is 242 g/mol. The summed E-state index contributed by atoms with van der Waals surface area (Å²) in [5.41, 5.74) is 2.15. The van der Waals surface area contributed by atoms with Gasteiger partial charge in [-0.15, -0.1) is 5.10 Å². The van der Waals surface area contributed by atoms with Crippen LogP contribution in [0, 0.1) is 12.8 Å². The number of benzene rings is 1. The Morgan fingerprint density at radius 1 is 1.33 bits per heavy atom. The van der Waals surface area contributed by atoms with E-state index < -0.39 is 0 Å². The third kappa shape index (κ3) is 2.25. The van der Waals surface area contributed by atoms with E-state index in [0.717, 1.165) is 18.4 Å². The molecule has 2 N–H and O–H groups in total. The summed E-state index contributed by atoms with van der Waals surface area (Å²) in [4.78, 5) is 15.8. The van der Waals surface area contributed by atoms with Gasteiger partial charge >= 0.3 is 0 Å². The van der Waals surface area contributed by atoms with Crippen LogP contribution in [0.4, 0.5) is 5.95 Å². The maximum absolute atomic E-state index is 11.6. The van der Waals surface area contributed by atoms with Crippen molar-refractivity contribution in [3.05, 3.63) is 29.8 Å². The van der Waals surface area contributed by atoms with Gasteiger partial charge in [0, 0.05) is 11.5 Å². The molecule has 5 nitrogen and oxygen atoms in total. The van der Waals surface area contributed by atoms with Gasteiger partial charge in [-0.2, -0.15) is 4.98 Å². The second-order valence-electron chi connectivity index (χ2n) is 4.64. The molecule has 5 heteroatoms. The van der Waals surface area contributed by atoms with Crippen molar-refractivity contribution < 1.29 is 4.79 Å². The van der Waals surface area contributed by atoms with Crippen LogP contribution in [0.5, 0.6) is 0 Å². The number of aryl methyl sites for hydroxylation is 1. The molecule has 1 heterocycles. The fourth-order valence-corrected chi connectivity index (χ4v) is 1.72. The predicted molar refractivity (Wildman–Crippen MR) is 67.9 cm³/mol. The minimum Gasteiger partial charge on any atom is -0.293 e. The van der Waals surface area contributed by atoms with Gasteiger partial charge in [0.2, 0.25) is 11.9 Å². The number of H-pyrrole nitrogens is 1. The average molecular weight is 242 g/mol. The summed E-state index contributed by atoms with van der Waals surface area (Å²) in [5.74, 6) is 1.19. The summed E-state index contributed by atoms with van der Waals surface area (Å²) in [6.07, 6.45) is 1.95. The number of carbonyl (C=O) groups excluding carboxylic acids is 1. The van der Waals surface area contributed by atoms with E-state index in [4.69, 9.17) is 0 Å². The molecule has 1 saturated carbocycles. The van der Waals surface area contributed by atoms with E-state index in [2.05, 4.69) is 20.5 Å². The smallest absolute Gasteiger partial charge is 0.249 e. The Morgan fingerprint density at radius 2 is 2.06 bits per heavy atom. The normalized spacial score (nSPS) is 14.5. The Labute approximate surface area is 105 Å². The highest BCUT2D eigenvalue weighted by atomic mass is 16.2. The molecular formula is C13H14N4O. The summed E-state index contributed by atoms with van der Waals surface area (Å²) >= 11 is 0. The predicted octanol–water partition coefficient (Wildman–Crippen LogP) is 2.13. The Kier molecular flexibility index (Phi) is 2.59.